The van der Waals surface area contributed by atoms with Crippen LogP contribution in [0.15, 0.2) is 60.9 Å². The van der Waals surface area contributed by atoms with E-state index in [0.717, 1.165) is 23.2 Å². The molecule has 1 aromatic heterocycles. The summed E-state index contributed by atoms with van der Waals surface area (Å²) >= 11 is 0. The molecule has 0 unspecified atom stereocenters. The van der Waals surface area contributed by atoms with E-state index in [0.29, 0.717) is 13.1 Å². The quantitative estimate of drug-likeness (QED) is 0.410. The van der Waals surface area contributed by atoms with E-state index in [2.05, 4.69) is 45.6 Å². The van der Waals surface area contributed by atoms with Gasteiger partial charge in [-0.25, -0.2) is 0 Å². The number of hydrogen-bond donors (Lipinski definition) is 1. The smallest absolute Gasteiger partial charge is 0.306 e. The van der Waals surface area contributed by atoms with E-state index in [9.17, 15) is 14.9 Å². The van der Waals surface area contributed by atoms with Crippen molar-refractivity contribution < 1.29 is 9.72 Å². The summed E-state index contributed by atoms with van der Waals surface area (Å²) in [6, 6.07) is 16.7. The van der Waals surface area contributed by atoms with E-state index in [-0.39, 0.29) is 18.0 Å². The van der Waals surface area contributed by atoms with Crippen molar-refractivity contribution in [2.75, 3.05) is 13.1 Å². The number of aromatic nitrogens is 2. The van der Waals surface area contributed by atoms with E-state index >= 15 is 0 Å². The fourth-order valence-electron chi connectivity index (χ4n) is 4.01. The first-order chi connectivity index (χ1) is 15.6. The molecule has 1 amide bonds. The predicted molar refractivity (Wildman–Crippen MR) is 122 cm³/mol. The van der Waals surface area contributed by atoms with Crippen LogP contribution in [0.3, 0.4) is 0 Å². The number of amides is 1. The van der Waals surface area contributed by atoms with Gasteiger partial charge in [0.2, 0.25) is 5.91 Å². The van der Waals surface area contributed by atoms with Crippen molar-refractivity contribution in [3.8, 4) is 11.1 Å². The summed E-state index contributed by atoms with van der Waals surface area (Å²) in [5.74, 6) is -0.126. The van der Waals surface area contributed by atoms with E-state index in [1.54, 1.807) is 0 Å². The molecule has 3 aromatic rings. The van der Waals surface area contributed by atoms with Crippen LogP contribution in [0.5, 0.6) is 0 Å². The summed E-state index contributed by atoms with van der Waals surface area (Å²) in [4.78, 5) is 25.0. The first-order valence-corrected chi connectivity index (χ1v) is 10.9. The van der Waals surface area contributed by atoms with Gasteiger partial charge in [0.15, 0.2) is 0 Å². The molecule has 1 fully saturated rings. The maximum absolute atomic E-state index is 12.3. The zero-order valence-corrected chi connectivity index (χ0v) is 17.9. The second kappa shape index (κ2) is 10.2. The summed E-state index contributed by atoms with van der Waals surface area (Å²) < 4.78 is 1.41. The van der Waals surface area contributed by atoms with Crippen LogP contribution < -0.4 is 5.32 Å². The Morgan fingerprint density at radius 3 is 2.56 bits per heavy atom. The van der Waals surface area contributed by atoms with Gasteiger partial charge in [0, 0.05) is 26.1 Å². The molecule has 0 aliphatic carbocycles. The molecular formula is C24H27N5O3. The number of carbonyl (C=O) groups excluding carboxylic acids is 1. The summed E-state index contributed by atoms with van der Waals surface area (Å²) in [5.41, 5.74) is 4.51. The molecule has 166 valence electrons. The Bertz CT molecular complexity index is 1070. The molecule has 2 aromatic carbocycles. The number of benzene rings is 2. The van der Waals surface area contributed by atoms with Gasteiger partial charge in [0.25, 0.3) is 0 Å². The monoisotopic (exact) mass is 433 g/mol. The first-order valence-electron chi connectivity index (χ1n) is 10.9. The fourth-order valence-corrected chi connectivity index (χ4v) is 4.01. The van der Waals surface area contributed by atoms with Crippen LogP contribution in [0.1, 0.15) is 30.4 Å². The van der Waals surface area contributed by atoms with E-state index in [4.69, 9.17) is 0 Å². The molecule has 0 atom stereocenters. The van der Waals surface area contributed by atoms with Crippen molar-refractivity contribution in [2.45, 2.75) is 38.9 Å². The Morgan fingerprint density at radius 1 is 1.09 bits per heavy atom. The fraction of sp³-hybridized carbons (Fsp3) is 0.333. The normalized spacial score (nSPS) is 13.9. The van der Waals surface area contributed by atoms with Gasteiger partial charge in [-0.15, -0.1) is 0 Å². The van der Waals surface area contributed by atoms with Crippen LogP contribution in [0.2, 0.25) is 0 Å². The maximum atomic E-state index is 12.3. The van der Waals surface area contributed by atoms with Crippen molar-refractivity contribution in [2.24, 2.45) is 0 Å². The minimum atomic E-state index is -0.501. The molecule has 0 saturated carbocycles. The first kappa shape index (κ1) is 21.7. The highest BCUT2D eigenvalue weighted by Crippen LogP contribution is 2.25. The second-order valence-corrected chi connectivity index (χ2v) is 8.08. The zero-order valence-electron chi connectivity index (χ0n) is 17.9. The highest BCUT2D eigenvalue weighted by atomic mass is 16.6. The third-order valence-corrected chi connectivity index (χ3v) is 5.76. The average molecular weight is 434 g/mol. The number of hydrogen-bond acceptors (Lipinski definition) is 5. The van der Waals surface area contributed by atoms with E-state index in [1.807, 2.05) is 18.2 Å². The highest BCUT2D eigenvalue weighted by Gasteiger charge is 2.13. The minimum absolute atomic E-state index is 0.0780. The number of rotatable bonds is 9. The van der Waals surface area contributed by atoms with Crippen molar-refractivity contribution in [3.63, 3.8) is 0 Å². The molecule has 0 radical (unpaired) electrons. The van der Waals surface area contributed by atoms with Gasteiger partial charge in [-0.2, -0.15) is 5.10 Å². The maximum Gasteiger partial charge on any atom is 0.306 e. The van der Waals surface area contributed by atoms with Crippen LogP contribution in [-0.4, -0.2) is 38.6 Å². The van der Waals surface area contributed by atoms with Crippen LogP contribution >= 0.6 is 0 Å². The lowest BCUT2D eigenvalue weighted by molar-refractivity contribution is -0.385. The molecule has 4 rings (SSSR count). The standard InChI is InChI=1S/C24H27N5O3/c30-24(11-14-28-18-22(16-26-28)29(31)32)25-15-21-5-1-2-6-23(21)20-9-7-19(8-10-20)17-27-12-3-4-13-27/h1-2,5-10,16,18H,3-4,11-15,17H2,(H,25,30). The van der Waals surface area contributed by atoms with E-state index < -0.39 is 4.92 Å². The summed E-state index contributed by atoms with van der Waals surface area (Å²) in [5, 5.41) is 17.6. The van der Waals surface area contributed by atoms with Crippen LogP contribution in [-0.2, 0) is 24.4 Å². The zero-order chi connectivity index (χ0) is 22.3. The summed E-state index contributed by atoms with van der Waals surface area (Å²) in [7, 11) is 0. The Kier molecular flexibility index (Phi) is 6.91. The molecular weight excluding hydrogens is 406 g/mol. The third kappa shape index (κ3) is 5.59. The Morgan fingerprint density at radius 2 is 1.84 bits per heavy atom. The molecule has 32 heavy (non-hydrogen) atoms. The molecule has 8 heteroatoms. The Balaban J connectivity index is 1.33. The lowest BCUT2D eigenvalue weighted by Gasteiger charge is -2.15. The lowest BCUT2D eigenvalue weighted by Crippen LogP contribution is -2.24. The molecule has 0 spiro atoms. The van der Waals surface area contributed by atoms with Crippen LogP contribution in [0, 0.1) is 10.1 Å². The van der Waals surface area contributed by atoms with Gasteiger partial charge >= 0.3 is 5.69 Å². The number of carbonyl (C=O) groups is 1. The topological polar surface area (TPSA) is 93.3 Å². The Hall–Kier alpha value is -3.52. The molecule has 1 saturated heterocycles. The number of likely N-dealkylation sites (tertiary alicyclic amines) is 1. The van der Waals surface area contributed by atoms with Gasteiger partial charge < -0.3 is 5.32 Å². The molecule has 1 N–H and O–H groups in total. The highest BCUT2D eigenvalue weighted by molar-refractivity contribution is 5.76. The lowest BCUT2D eigenvalue weighted by atomic mass is 9.98. The van der Waals surface area contributed by atoms with Gasteiger partial charge in [-0.05, 0) is 48.2 Å². The molecule has 0 bridgehead atoms. The van der Waals surface area contributed by atoms with Crippen LogP contribution in [0.4, 0.5) is 5.69 Å². The van der Waals surface area contributed by atoms with Crippen molar-refractivity contribution >= 4 is 11.6 Å². The number of aryl methyl sites for hydroxylation is 1. The number of nitro groups is 1. The largest absolute Gasteiger partial charge is 0.352 e. The van der Waals surface area contributed by atoms with Crippen molar-refractivity contribution in [3.05, 3.63) is 82.2 Å². The number of nitrogens with zero attached hydrogens (tertiary/aromatic N) is 4. The van der Waals surface area contributed by atoms with Gasteiger partial charge in [-0.1, -0.05) is 48.5 Å². The summed E-state index contributed by atoms with van der Waals surface area (Å²) in [6.45, 7) is 4.07. The average Bonchev–Trinajstić information content (AvgIpc) is 3.49. The third-order valence-electron chi connectivity index (χ3n) is 5.76. The molecule has 1 aliphatic heterocycles. The predicted octanol–water partition coefficient (Wildman–Crippen LogP) is 3.76. The van der Waals surface area contributed by atoms with E-state index in [1.165, 1.54) is 48.6 Å². The van der Waals surface area contributed by atoms with Gasteiger partial charge in [0.1, 0.15) is 12.4 Å². The molecule has 8 nitrogen and oxygen atoms in total. The second-order valence-electron chi connectivity index (χ2n) is 8.08. The Labute approximate surface area is 187 Å². The minimum Gasteiger partial charge on any atom is -0.352 e. The number of nitrogens with one attached hydrogen (secondary N) is 1. The van der Waals surface area contributed by atoms with Crippen molar-refractivity contribution in [1.82, 2.24) is 20.0 Å². The van der Waals surface area contributed by atoms with Gasteiger partial charge in [0.05, 0.1) is 4.92 Å². The van der Waals surface area contributed by atoms with Crippen LogP contribution in [0.25, 0.3) is 11.1 Å². The SMILES string of the molecule is O=C(CCn1cc([N+](=O)[O-])cn1)NCc1ccccc1-c1ccc(CN2CCCC2)cc1. The summed E-state index contributed by atoms with van der Waals surface area (Å²) in [6.07, 6.45) is 5.30. The van der Waals surface area contributed by atoms with Crippen molar-refractivity contribution in [1.29, 1.82) is 0 Å². The molecule has 1 aliphatic rings. The van der Waals surface area contributed by atoms with Gasteiger partial charge in [-0.3, -0.25) is 24.5 Å². The molecule has 2 heterocycles.